The monoisotopic (exact) mass is 543 g/mol. The predicted molar refractivity (Wildman–Crippen MR) is 154 cm³/mol. The van der Waals surface area contributed by atoms with Crippen LogP contribution in [0.4, 0.5) is 0 Å². The Morgan fingerprint density at radius 2 is 1.73 bits per heavy atom. The van der Waals surface area contributed by atoms with Crippen LogP contribution in [0.2, 0.25) is 0 Å². The first kappa shape index (κ1) is 28.6. The molecule has 3 aromatic carbocycles. The Labute approximate surface area is 235 Å². The van der Waals surface area contributed by atoms with Crippen molar-refractivity contribution >= 4 is 22.8 Å². The van der Waals surface area contributed by atoms with Crippen molar-refractivity contribution in [3.05, 3.63) is 83.9 Å². The van der Waals surface area contributed by atoms with Crippen LogP contribution in [0.1, 0.15) is 44.9 Å². The fraction of sp³-hybridized carbons (Fsp3) is 0.355. The third kappa shape index (κ3) is 6.97. The van der Waals surface area contributed by atoms with Gasteiger partial charge >= 0.3 is 0 Å². The number of carbonyl (C=O) groups is 2. The van der Waals surface area contributed by atoms with Crippen molar-refractivity contribution < 1.29 is 19.1 Å². The Kier molecular flexibility index (Phi) is 9.04. The van der Waals surface area contributed by atoms with Gasteiger partial charge in [-0.15, -0.1) is 5.10 Å². The molecule has 0 aliphatic rings. The molecule has 0 radical (unpaired) electrons. The number of para-hydroxylation sites is 1. The second-order valence-electron chi connectivity index (χ2n) is 10.5. The zero-order chi connectivity index (χ0) is 28.7. The number of hydrogen-bond donors (Lipinski definition) is 1. The maximum Gasteiger partial charge on any atom is 0.247 e. The van der Waals surface area contributed by atoms with Gasteiger partial charge in [0.15, 0.2) is 11.5 Å². The van der Waals surface area contributed by atoms with Crippen LogP contribution in [-0.4, -0.2) is 57.5 Å². The van der Waals surface area contributed by atoms with E-state index in [9.17, 15) is 9.59 Å². The van der Waals surface area contributed by atoms with Crippen LogP contribution in [-0.2, 0) is 22.6 Å². The molecule has 1 aromatic heterocycles. The van der Waals surface area contributed by atoms with E-state index in [1.165, 1.54) is 0 Å². The van der Waals surface area contributed by atoms with Crippen molar-refractivity contribution in [3.8, 4) is 11.5 Å². The van der Waals surface area contributed by atoms with Gasteiger partial charge in [-0.2, -0.15) is 0 Å². The number of rotatable bonds is 11. The fourth-order valence-electron chi connectivity index (χ4n) is 4.58. The van der Waals surface area contributed by atoms with Gasteiger partial charge in [-0.1, -0.05) is 53.7 Å². The fourth-order valence-corrected chi connectivity index (χ4v) is 4.58. The highest BCUT2D eigenvalue weighted by Gasteiger charge is 2.34. The van der Waals surface area contributed by atoms with Crippen LogP contribution < -0.4 is 14.8 Å². The van der Waals surface area contributed by atoms with E-state index in [1.807, 2.05) is 88.4 Å². The lowest BCUT2D eigenvalue weighted by molar-refractivity contribution is -0.142. The van der Waals surface area contributed by atoms with E-state index in [0.29, 0.717) is 42.2 Å². The second kappa shape index (κ2) is 12.6. The van der Waals surface area contributed by atoms with Crippen LogP contribution in [0, 0.1) is 0 Å². The first-order valence-electron chi connectivity index (χ1n) is 13.4. The van der Waals surface area contributed by atoms with Crippen LogP contribution in [0.5, 0.6) is 11.5 Å². The van der Waals surface area contributed by atoms with Gasteiger partial charge in [-0.3, -0.25) is 9.59 Å². The van der Waals surface area contributed by atoms with Gasteiger partial charge in [0, 0.05) is 12.1 Å². The molecule has 0 spiro atoms. The van der Waals surface area contributed by atoms with E-state index in [0.717, 1.165) is 11.1 Å². The summed E-state index contributed by atoms with van der Waals surface area (Å²) in [5.74, 6) is 0.516. The molecular formula is C31H37N5O4. The topological polar surface area (TPSA) is 98.6 Å². The van der Waals surface area contributed by atoms with Crippen molar-refractivity contribution in [1.82, 2.24) is 25.2 Å². The van der Waals surface area contributed by atoms with E-state index in [2.05, 4.69) is 15.6 Å². The van der Waals surface area contributed by atoms with Crippen LogP contribution in [0.25, 0.3) is 11.0 Å². The Bertz CT molecular complexity index is 1450. The van der Waals surface area contributed by atoms with Gasteiger partial charge < -0.3 is 19.7 Å². The van der Waals surface area contributed by atoms with Gasteiger partial charge in [-0.25, -0.2) is 4.68 Å². The van der Waals surface area contributed by atoms with Crippen molar-refractivity contribution in [2.24, 2.45) is 0 Å². The minimum Gasteiger partial charge on any atom is -0.493 e. The average Bonchev–Trinajstić information content (AvgIpc) is 3.33. The molecule has 0 bridgehead atoms. The minimum atomic E-state index is -0.921. The van der Waals surface area contributed by atoms with Crippen molar-refractivity contribution in [2.45, 2.75) is 52.2 Å². The van der Waals surface area contributed by atoms with E-state index >= 15 is 0 Å². The molecule has 9 nitrogen and oxygen atoms in total. The van der Waals surface area contributed by atoms with Crippen molar-refractivity contribution in [1.29, 1.82) is 0 Å². The Morgan fingerprint density at radius 3 is 2.42 bits per heavy atom. The van der Waals surface area contributed by atoms with Crippen molar-refractivity contribution in [2.75, 3.05) is 20.3 Å². The van der Waals surface area contributed by atoms with E-state index < -0.39 is 11.6 Å². The molecular weight excluding hydrogens is 506 g/mol. The molecule has 4 rings (SSSR count). The maximum absolute atomic E-state index is 14.1. The zero-order valence-electron chi connectivity index (χ0n) is 23.8. The van der Waals surface area contributed by atoms with Crippen LogP contribution >= 0.6 is 0 Å². The number of nitrogens with zero attached hydrogens (tertiary/aromatic N) is 4. The average molecular weight is 544 g/mol. The molecule has 0 fully saturated rings. The lowest BCUT2D eigenvalue weighted by Gasteiger charge is -2.34. The summed E-state index contributed by atoms with van der Waals surface area (Å²) in [5.41, 5.74) is 2.61. The number of hydrogen-bond acceptors (Lipinski definition) is 6. The van der Waals surface area contributed by atoms with E-state index in [-0.39, 0.29) is 18.4 Å². The molecule has 0 aliphatic heterocycles. The van der Waals surface area contributed by atoms with Crippen molar-refractivity contribution in [3.63, 3.8) is 0 Å². The molecule has 2 amide bonds. The number of nitrogens with one attached hydrogen (secondary N) is 1. The first-order chi connectivity index (χ1) is 19.2. The normalized spacial score (nSPS) is 12.1. The highest BCUT2D eigenvalue weighted by molar-refractivity contribution is 5.89. The van der Waals surface area contributed by atoms with Gasteiger partial charge in [0.1, 0.15) is 18.1 Å². The quantitative estimate of drug-likeness (QED) is 0.298. The van der Waals surface area contributed by atoms with Gasteiger partial charge in [0.05, 0.1) is 19.2 Å². The number of benzene rings is 3. The van der Waals surface area contributed by atoms with E-state index in [4.69, 9.17) is 9.47 Å². The summed E-state index contributed by atoms with van der Waals surface area (Å²) in [6.07, 6.45) is 0.568. The summed E-state index contributed by atoms with van der Waals surface area (Å²) in [7, 11) is 1.56. The molecule has 1 N–H and O–H groups in total. The largest absolute Gasteiger partial charge is 0.493 e. The molecule has 9 heteroatoms. The first-order valence-corrected chi connectivity index (χ1v) is 13.4. The van der Waals surface area contributed by atoms with Gasteiger partial charge in [0.2, 0.25) is 11.8 Å². The predicted octanol–water partition coefficient (Wildman–Crippen LogP) is 4.57. The standard InChI is InChI=1S/C31H37N5O4/c1-6-40-26-17-16-23(20-27(26)39-5)29(30(38)32-31(2,3)4)35(19-18-22-12-8-7-9-13-22)28(37)21-36-25-15-11-10-14-24(25)33-34-36/h7-17,20,29H,6,18-19,21H2,1-5H3,(H,32,38)/t29-/m1/s1. The number of methoxy groups -OCH3 is 1. The molecule has 4 aromatic rings. The number of carbonyl (C=O) groups excluding carboxylic acids is 2. The highest BCUT2D eigenvalue weighted by atomic mass is 16.5. The molecule has 0 saturated heterocycles. The lowest BCUT2D eigenvalue weighted by Crippen LogP contribution is -2.50. The lowest BCUT2D eigenvalue weighted by atomic mass is 10.00. The van der Waals surface area contributed by atoms with E-state index in [1.54, 1.807) is 28.8 Å². The number of ether oxygens (including phenoxy) is 2. The third-order valence-corrected chi connectivity index (χ3v) is 6.37. The highest BCUT2D eigenvalue weighted by Crippen LogP contribution is 2.33. The minimum absolute atomic E-state index is 0.0667. The summed E-state index contributed by atoms with van der Waals surface area (Å²) in [5, 5.41) is 11.5. The van der Waals surface area contributed by atoms with Crippen LogP contribution in [0.3, 0.4) is 0 Å². The molecule has 1 atom stereocenters. The summed E-state index contributed by atoms with van der Waals surface area (Å²) in [4.78, 5) is 29.6. The summed E-state index contributed by atoms with van der Waals surface area (Å²) >= 11 is 0. The maximum atomic E-state index is 14.1. The molecule has 40 heavy (non-hydrogen) atoms. The Morgan fingerprint density at radius 1 is 1.00 bits per heavy atom. The molecule has 210 valence electrons. The zero-order valence-corrected chi connectivity index (χ0v) is 23.8. The van der Waals surface area contributed by atoms with Gasteiger partial charge in [-0.05, 0) is 69.5 Å². The van der Waals surface area contributed by atoms with Crippen LogP contribution in [0.15, 0.2) is 72.8 Å². The smallest absolute Gasteiger partial charge is 0.247 e. The summed E-state index contributed by atoms with van der Waals surface area (Å²) in [6, 6.07) is 21.8. The number of amides is 2. The molecule has 0 unspecified atom stereocenters. The second-order valence-corrected chi connectivity index (χ2v) is 10.5. The summed E-state index contributed by atoms with van der Waals surface area (Å²) < 4.78 is 12.9. The Hall–Kier alpha value is -4.40. The van der Waals surface area contributed by atoms with Gasteiger partial charge in [0.25, 0.3) is 0 Å². The SMILES string of the molecule is CCOc1ccc([C@H](C(=O)NC(C)(C)C)N(CCc2ccccc2)C(=O)Cn2nnc3ccccc32)cc1OC. The summed E-state index contributed by atoms with van der Waals surface area (Å²) in [6.45, 7) is 8.35. The molecule has 0 saturated carbocycles. The third-order valence-electron chi connectivity index (χ3n) is 6.37. The molecule has 1 heterocycles. The molecule has 0 aliphatic carbocycles. The number of aromatic nitrogens is 3. The number of fused-ring (bicyclic) bond motifs is 1. The Balaban J connectivity index is 1.76.